The van der Waals surface area contributed by atoms with Crippen LogP contribution in [0.2, 0.25) is 0 Å². The summed E-state index contributed by atoms with van der Waals surface area (Å²) < 4.78 is 5.44. The highest BCUT2D eigenvalue weighted by Gasteiger charge is 2.19. The Hall–Kier alpha value is -1.13. The van der Waals surface area contributed by atoms with Crippen LogP contribution < -0.4 is 10.2 Å². The van der Waals surface area contributed by atoms with E-state index in [1.165, 1.54) is 5.56 Å². The maximum Gasteiger partial charge on any atom is 0.128 e. The van der Waals surface area contributed by atoms with Crippen LogP contribution in [-0.4, -0.2) is 36.8 Å². The molecule has 0 bridgehead atoms. The number of hydrogen-bond acceptors (Lipinski definition) is 4. The standard InChI is InChI=1S/C14H23N3O/c1-11(2)15-8-13-4-5-14(16-9-13)17-6-7-18-10-12(17)3/h4-5,9,11-12,15H,6-8,10H2,1-3H3. The van der Waals surface area contributed by atoms with Crippen LogP contribution in [-0.2, 0) is 11.3 Å². The van der Waals surface area contributed by atoms with Gasteiger partial charge in [-0.15, -0.1) is 0 Å². The lowest BCUT2D eigenvalue weighted by molar-refractivity contribution is 0.0985. The molecule has 1 aromatic heterocycles. The van der Waals surface area contributed by atoms with E-state index in [1.807, 2.05) is 6.20 Å². The number of anilines is 1. The van der Waals surface area contributed by atoms with Gasteiger partial charge < -0.3 is 15.0 Å². The second-order valence-electron chi connectivity index (χ2n) is 5.18. The second kappa shape index (κ2) is 6.16. The van der Waals surface area contributed by atoms with E-state index < -0.39 is 0 Å². The van der Waals surface area contributed by atoms with Crippen molar-refractivity contribution in [2.24, 2.45) is 0 Å². The predicted octanol–water partition coefficient (Wildman–Crippen LogP) is 1.80. The van der Waals surface area contributed by atoms with E-state index in [1.54, 1.807) is 0 Å². The average molecular weight is 249 g/mol. The lowest BCUT2D eigenvalue weighted by Gasteiger charge is -2.34. The van der Waals surface area contributed by atoms with Gasteiger partial charge in [0, 0.05) is 25.3 Å². The van der Waals surface area contributed by atoms with Crippen molar-refractivity contribution in [2.75, 3.05) is 24.7 Å². The fourth-order valence-electron chi connectivity index (χ4n) is 2.08. The van der Waals surface area contributed by atoms with Crippen LogP contribution >= 0.6 is 0 Å². The maximum absolute atomic E-state index is 5.44. The summed E-state index contributed by atoms with van der Waals surface area (Å²) in [6, 6.07) is 5.17. The normalized spacial score (nSPS) is 20.4. The fraction of sp³-hybridized carbons (Fsp3) is 0.643. The van der Waals surface area contributed by atoms with E-state index in [-0.39, 0.29) is 0 Å². The summed E-state index contributed by atoms with van der Waals surface area (Å²) in [5, 5.41) is 3.40. The first kappa shape index (κ1) is 13.3. The van der Waals surface area contributed by atoms with Gasteiger partial charge >= 0.3 is 0 Å². The summed E-state index contributed by atoms with van der Waals surface area (Å²) in [5.74, 6) is 1.05. The van der Waals surface area contributed by atoms with Crippen molar-refractivity contribution < 1.29 is 4.74 Å². The van der Waals surface area contributed by atoms with E-state index in [9.17, 15) is 0 Å². The Morgan fingerprint density at radius 3 is 2.94 bits per heavy atom. The molecule has 1 saturated heterocycles. The van der Waals surface area contributed by atoms with Crippen molar-refractivity contribution in [2.45, 2.75) is 39.4 Å². The first-order valence-electron chi connectivity index (χ1n) is 6.69. The molecular formula is C14H23N3O. The van der Waals surface area contributed by atoms with Gasteiger partial charge in [-0.05, 0) is 18.6 Å². The molecule has 1 N–H and O–H groups in total. The van der Waals surface area contributed by atoms with Gasteiger partial charge in [0.15, 0.2) is 0 Å². The lowest BCUT2D eigenvalue weighted by Crippen LogP contribution is -2.44. The predicted molar refractivity (Wildman–Crippen MR) is 73.8 cm³/mol. The van der Waals surface area contributed by atoms with Gasteiger partial charge in [0.25, 0.3) is 0 Å². The summed E-state index contributed by atoms with van der Waals surface area (Å²) in [6.45, 7) is 9.87. The van der Waals surface area contributed by atoms with Gasteiger partial charge in [-0.1, -0.05) is 19.9 Å². The van der Waals surface area contributed by atoms with Gasteiger partial charge in [-0.25, -0.2) is 4.98 Å². The minimum atomic E-state index is 0.408. The molecule has 18 heavy (non-hydrogen) atoms. The van der Waals surface area contributed by atoms with Crippen molar-refractivity contribution in [3.8, 4) is 0 Å². The van der Waals surface area contributed by atoms with Crippen LogP contribution in [0.1, 0.15) is 26.3 Å². The molecule has 100 valence electrons. The van der Waals surface area contributed by atoms with Crippen LogP contribution in [0, 0.1) is 0 Å². The topological polar surface area (TPSA) is 37.4 Å². The summed E-state index contributed by atoms with van der Waals surface area (Å²) in [4.78, 5) is 6.87. The molecule has 0 saturated carbocycles. The van der Waals surface area contributed by atoms with Crippen LogP contribution in [0.5, 0.6) is 0 Å². The SMILES string of the molecule is CC(C)NCc1ccc(N2CCOCC2C)nc1. The zero-order valence-corrected chi connectivity index (χ0v) is 11.5. The third kappa shape index (κ3) is 3.43. The van der Waals surface area contributed by atoms with E-state index >= 15 is 0 Å². The van der Waals surface area contributed by atoms with E-state index in [2.05, 4.69) is 48.1 Å². The molecule has 2 heterocycles. The molecular weight excluding hydrogens is 226 g/mol. The van der Waals surface area contributed by atoms with Gasteiger partial charge in [0.05, 0.1) is 19.3 Å². The third-order valence-electron chi connectivity index (χ3n) is 3.19. The molecule has 1 aliphatic heterocycles. The first-order chi connectivity index (χ1) is 8.66. The van der Waals surface area contributed by atoms with Crippen LogP contribution in [0.3, 0.4) is 0 Å². The number of morpholine rings is 1. The molecule has 1 fully saturated rings. The van der Waals surface area contributed by atoms with Gasteiger partial charge in [-0.3, -0.25) is 0 Å². The molecule has 0 spiro atoms. The summed E-state index contributed by atoms with van der Waals surface area (Å²) >= 11 is 0. The van der Waals surface area contributed by atoms with Crippen molar-refractivity contribution >= 4 is 5.82 Å². The van der Waals surface area contributed by atoms with Gasteiger partial charge in [0.1, 0.15) is 5.82 Å². The molecule has 1 unspecified atom stereocenters. The van der Waals surface area contributed by atoms with Crippen LogP contribution in [0.25, 0.3) is 0 Å². The van der Waals surface area contributed by atoms with Crippen molar-refractivity contribution in [3.63, 3.8) is 0 Å². The molecule has 1 aliphatic rings. The van der Waals surface area contributed by atoms with Crippen molar-refractivity contribution in [3.05, 3.63) is 23.9 Å². The monoisotopic (exact) mass is 249 g/mol. The van der Waals surface area contributed by atoms with Gasteiger partial charge in [0.2, 0.25) is 0 Å². The number of rotatable bonds is 4. The Labute approximate surface area is 109 Å². The molecule has 1 atom stereocenters. The first-order valence-corrected chi connectivity index (χ1v) is 6.69. The summed E-state index contributed by atoms with van der Waals surface area (Å²) in [5.41, 5.74) is 1.23. The highest BCUT2D eigenvalue weighted by molar-refractivity contribution is 5.40. The Morgan fingerprint density at radius 1 is 1.50 bits per heavy atom. The number of nitrogens with zero attached hydrogens (tertiary/aromatic N) is 2. The van der Waals surface area contributed by atoms with E-state index in [0.29, 0.717) is 12.1 Å². The second-order valence-corrected chi connectivity index (χ2v) is 5.18. The maximum atomic E-state index is 5.44. The molecule has 0 amide bonds. The molecule has 4 heteroatoms. The molecule has 1 aromatic rings. The van der Waals surface area contributed by atoms with E-state index in [4.69, 9.17) is 4.74 Å². The number of nitrogens with one attached hydrogen (secondary N) is 1. The average Bonchev–Trinajstić information content (AvgIpc) is 2.38. The molecule has 0 aromatic carbocycles. The minimum Gasteiger partial charge on any atom is -0.377 e. The number of pyridine rings is 1. The highest BCUT2D eigenvalue weighted by Crippen LogP contribution is 2.17. The molecule has 0 radical (unpaired) electrons. The fourth-order valence-corrected chi connectivity index (χ4v) is 2.08. The molecule has 2 rings (SSSR count). The quantitative estimate of drug-likeness (QED) is 0.883. The Balaban J connectivity index is 1.98. The smallest absolute Gasteiger partial charge is 0.128 e. The minimum absolute atomic E-state index is 0.408. The van der Waals surface area contributed by atoms with Gasteiger partial charge in [-0.2, -0.15) is 0 Å². The summed E-state index contributed by atoms with van der Waals surface area (Å²) in [7, 11) is 0. The number of ether oxygens (including phenoxy) is 1. The van der Waals surface area contributed by atoms with Crippen LogP contribution in [0.15, 0.2) is 18.3 Å². The number of hydrogen-bond donors (Lipinski definition) is 1. The highest BCUT2D eigenvalue weighted by atomic mass is 16.5. The zero-order valence-electron chi connectivity index (χ0n) is 11.5. The Morgan fingerprint density at radius 2 is 2.33 bits per heavy atom. The zero-order chi connectivity index (χ0) is 13.0. The Bertz CT molecular complexity index is 364. The van der Waals surface area contributed by atoms with Crippen molar-refractivity contribution in [1.29, 1.82) is 0 Å². The third-order valence-corrected chi connectivity index (χ3v) is 3.19. The largest absolute Gasteiger partial charge is 0.377 e. The summed E-state index contributed by atoms with van der Waals surface area (Å²) in [6.07, 6.45) is 1.97. The van der Waals surface area contributed by atoms with Crippen LogP contribution in [0.4, 0.5) is 5.82 Å². The Kier molecular flexibility index (Phi) is 4.55. The van der Waals surface area contributed by atoms with E-state index in [0.717, 1.165) is 32.1 Å². The molecule has 0 aliphatic carbocycles. The molecule has 4 nitrogen and oxygen atoms in total. The number of aromatic nitrogens is 1. The lowest BCUT2D eigenvalue weighted by atomic mass is 10.2. The van der Waals surface area contributed by atoms with Crippen molar-refractivity contribution in [1.82, 2.24) is 10.3 Å².